The molecule has 1 fully saturated rings. The van der Waals surface area contributed by atoms with Gasteiger partial charge in [0.2, 0.25) is 0 Å². The number of nitrogens with zero attached hydrogens (tertiary/aromatic N) is 1. The molecular weight excluding hydrogens is 370 g/mol. The number of rotatable bonds is 7. The third-order valence-electron chi connectivity index (χ3n) is 5.21. The quantitative estimate of drug-likeness (QED) is 0.286. The highest BCUT2D eigenvalue weighted by atomic mass is 28.4. The minimum absolute atomic E-state index is 0.0411. The zero-order valence-corrected chi connectivity index (χ0v) is 19.1. The second-order valence-corrected chi connectivity index (χ2v) is 13.8. The molecule has 0 bridgehead atoms. The smallest absolute Gasteiger partial charge is 0.193 e. The number of ether oxygens (including phenoxy) is 2. The summed E-state index contributed by atoms with van der Waals surface area (Å²) in [6.45, 7) is 15.0. The van der Waals surface area contributed by atoms with Gasteiger partial charge >= 0.3 is 0 Å². The summed E-state index contributed by atoms with van der Waals surface area (Å²) in [5.41, 5.74) is 1.04. The molecule has 0 amide bonds. The molecule has 154 valence electrons. The Labute approximate surface area is 170 Å². The van der Waals surface area contributed by atoms with E-state index >= 15 is 0 Å². The Morgan fingerprint density at radius 3 is 2.46 bits per heavy atom. The van der Waals surface area contributed by atoms with Gasteiger partial charge in [-0.1, -0.05) is 62.2 Å². The molecule has 1 saturated heterocycles. The molecular formula is C22H33NO4Si. The maximum atomic E-state index is 6.43. The van der Waals surface area contributed by atoms with E-state index in [1.807, 2.05) is 44.2 Å². The Balaban J connectivity index is 2.07. The predicted octanol–water partition coefficient (Wildman–Crippen LogP) is 4.73. The van der Waals surface area contributed by atoms with E-state index in [1.165, 1.54) is 0 Å². The molecule has 0 aliphatic carbocycles. The van der Waals surface area contributed by atoms with Crippen LogP contribution in [-0.2, 0) is 25.3 Å². The van der Waals surface area contributed by atoms with E-state index < -0.39 is 32.4 Å². The van der Waals surface area contributed by atoms with Crippen LogP contribution in [0.1, 0.15) is 40.2 Å². The van der Waals surface area contributed by atoms with E-state index in [4.69, 9.17) is 25.2 Å². The summed E-state index contributed by atoms with van der Waals surface area (Å²) in [7, 11) is -2.07. The summed E-state index contributed by atoms with van der Waals surface area (Å²) in [4.78, 5) is 5.42. The van der Waals surface area contributed by atoms with Crippen molar-refractivity contribution in [1.29, 1.82) is 0 Å². The summed E-state index contributed by atoms with van der Waals surface area (Å²) in [6, 6.07) is 9.86. The van der Waals surface area contributed by atoms with Crippen LogP contribution in [0, 0.1) is 12.3 Å². The first-order chi connectivity index (χ1) is 13.0. The molecule has 3 atom stereocenters. The van der Waals surface area contributed by atoms with Crippen LogP contribution in [0.4, 0.5) is 0 Å². The number of benzene rings is 1. The van der Waals surface area contributed by atoms with Gasteiger partial charge in [-0.05, 0) is 37.5 Å². The highest BCUT2D eigenvalue weighted by molar-refractivity contribution is 6.74. The lowest BCUT2D eigenvalue weighted by molar-refractivity contribution is -0.148. The summed E-state index contributed by atoms with van der Waals surface area (Å²) >= 11 is 0. The van der Waals surface area contributed by atoms with E-state index in [2.05, 4.69) is 44.9 Å². The Bertz CT molecular complexity index is 703. The number of hydrogen-bond acceptors (Lipinski definition) is 5. The molecule has 1 aliphatic heterocycles. The Kier molecular flexibility index (Phi) is 7.10. The molecule has 28 heavy (non-hydrogen) atoms. The minimum atomic E-state index is -2.07. The molecule has 5 nitrogen and oxygen atoms in total. The average Bonchev–Trinajstić information content (AvgIpc) is 2.91. The molecule has 0 spiro atoms. The van der Waals surface area contributed by atoms with Gasteiger partial charge in [-0.15, -0.1) is 6.42 Å². The van der Waals surface area contributed by atoms with Gasteiger partial charge in [0.1, 0.15) is 24.9 Å². The first-order valence-corrected chi connectivity index (χ1v) is 12.5. The largest absolute Gasteiger partial charge is 0.401 e. The van der Waals surface area contributed by atoms with Gasteiger partial charge < -0.3 is 18.7 Å². The zero-order valence-electron chi connectivity index (χ0n) is 18.1. The first-order valence-electron chi connectivity index (χ1n) is 9.64. The monoisotopic (exact) mass is 403 g/mol. The van der Waals surface area contributed by atoms with E-state index in [1.54, 1.807) is 6.21 Å². The van der Waals surface area contributed by atoms with Gasteiger partial charge in [-0.3, -0.25) is 0 Å². The normalized spacial score (nSPS) is 23.5. The van der Waals surface area contributed by atoms with Gasteiger partial charge in [0, 0.05) is 0 Å². The van der Waals surface area contributed by atoms with Gasteiger partial charge in [0.25, 0.3) is 0 Å². The number of oxime groups is 1. The van der Waals surface area contributed by atoms with Crippen LogP contribution in [0.5, 0.6) is 0 Å². The van der Waals surface area contributed by atoms with Crippen molar-refractivity contribution < 1.29 is 18.7 Å². The first kappa shape index (κ1) is 22.6. The van der Waals surface area contributed by atoms with E-state index in [9.17, 15) is 0 Å². The lowest BCUT2D eigenvalue weighted by atomic mass is 10.1. The van der Waals surface area contributed by atoms with Crippen LogP contribution in [-0.4, -0.2) is 38.6 Å². The molecule has 1 aromatic rings. The van der Waals surface area contributed by atoms with Crippen molar-refractivity contribution in [3.8, 4) is 12.3 Å². The van der Waals surface area contributed by atoms with Crippen LogP contribution in [0.2, 0.25) is 18.1 Å². The van der Waals surface area contributed by atoms with Crippen molar-refractivity contribution in [3.63, 3.8) is 0 Å². The maximum Gasteiger partial charge on any atom is 0.193 e. The zero-order chi connectivity index (χ0) is 21.0. The van der Waals surface area contributed by atoms with Gasteiger partial charge in [0.05, 0.1) is 6.21 Å². The second-order valence-electron chi connectivity index (χ2n) is 9.04. The van der Waals surface area contributed by atoms with Gasteiger partial charge in [0.15, 0.2) is 14.1 Å². The molecule has 6 heteroatoms. The van der Waals surface area contributed by atoms with Crippen LogP contribution < -0.4 is 0 Å². The Hall–Kier alpha value is -1.65. The average molecular weight is 404 g/mol. The molecule has 1 heterocycles. The maximum absolute atomic E-state index is 6.43. The number of terminal acetylenes is 1. The summed E-state index contributed by atoms with van der Waals surface area (Å²) < 4.78 is 18.5. The van der Waals surface area contributed by atoms with Crippen molar-refractivity contribution in [3.05, 3.63) is 35.9 Å². The van der Waals surface area contributed by atoms with Crippen molar-refractivity contribution in [1.82, 2.24) is 0 Å². The third kappa shape index (κ3) is 5.92. The fraction of sp³-hybridized carbons (Fsp3) is 0.591. The lowest BCUT2D eigenvalue weighted by Crippen LogP contribution is -2.49. The summed E-state index contributed by atoms with van der Waals surface area (Å²) in [6.07, 6.45) is 6.02. The summed E-state index contributed by atoms with van der Waals surface area (Å²) in [5, 5.41) is 4.12. The molecule has 1 aliphatic rings. The Morgan fingerprint density at radius 2 is 1.89 bits per heavy atom. The van der Waals surface area contributed by atoms with Crippen LogP contribution in [0.15, 0.2) is 35.5 Å². The van der Waals surface area contributed by atoms with E-state index in [-0.39, 0.29) is 5.04 Å². The van der Waals surface area contributed by atoms with Crippen molar-refractivity contribution in [2.24, 2.45) is 5.16 Å². The molecule has 0 unspecified atom stereocenters. The van der Waals surface area contributed by atoms with E-state index in [0.29, 0.717) is 6.61 Å². The second kappa shape index (κ2) is 8.79. The molecule has 0 N–H and O–H groups in total. The molecule has 0 saturated carbocycles. The lowest BCUT2D eigenvalue weighted by Gasteiger charge is -2.39. The van der Waals surface area contributed by atoms with E-state index in [0.717, 1.165) is 5.56 Å². The van der Waals surface area contributed by atoms with Crippen molar-refractivity contribution in [2.75, 3.05) is 0 Å². The SMILES string of the molecule is C#C[C@@H](O[Si](C)(C)C(C)(C)C)[C@H]1OC(C)(C)O[C@H]1/C=N/OCc1ccccc1. The molecule has 0 aromatic heterocycles. The highest BCUT2D eigenvalue weighted by Crippen LogP contribution is 2.39. The van der Waals surface area contributed by atoms with Crippen LogP contribution in [0.3, 0.4) is 0 Å². The third-order valence-corrected chi connectivity index (χ3v) is 9.67. The van der Waals surface area contributed by atoms with Gasteiger partial charge in [-0.2, -0.15) is 0 Å². The van der Waals surface area contributed by atoms with Crippen LogP contribution in [0.25, 0.3) is 0 Å². The topological polar surface area (TPSA) is 49.3 Å². The fourth-order valence-corrected chi connectivity index (χ4v) is 3.84. The molecule has 2 rings (SSSR count). The standard InChI is InChI=1S/C22H33NO4Si/c1-9-18(27-28(7,8)21(2,3)4)20-19(25-22(5,6)26-20)15-23-24-16-17-13-11-10-12-14-17/h1,10-15,18-20H,16H2,2-8H3/b23-15+/t18-,19+,20-/m1/s1. The molecule has 0 radical (unpaired) electrons. The fourth-order valence-electron chi connectivity index (χ4n) is 2.65. The van der Waals surface area contributed by atoms with Crippen molar-refractivity contribution >= 4 is 14.5 Å². The minimum Gasteiger partial charge on any atom is -0.401 e. The predicted molar refractivity (Wildman–Crippen MR) is 114 cm³/mol. The van der Waals surface area contributed by atoms with Crippen LogP contribution >= 0.6 is 0 Å². The number of hydrogen-bond donors (Lipinski definition) is 0. The van der Waals surface area contributed by atoms with Gasteiger partial charge in [-0.25, -0.2) is 0 Å². The Morgan fingerprint density at radius 1 is 1.25 bits per heavy atom. The van der Waals surface area contributed by atoms with Crippen molar-refractivity contribution in [2.45, 2.75) is 83.5 Å². The highest BCUT2D eigenvalue weighted by Gasteiger charge is 2.48. The molecule has 1 aromatic carbocycles. The summed E-state index contributed by atoms with van der Waals surface area (Å²) in [5.74, 6) is 1.99.